The van der Waals surface area contributed by atoms with Crippen LogP contribution in [0.5, 0.6) is 0 Å². The summed E-state index contributed by atoms with van der Waals surface area (Å²) in [6.45, 7) is 0. The van der Waals surface area contributed by atoms with Crippen molar-refractivity contribution in [3.8, 4) is 27.9 Å². The number of rotatable bonds is 5. The van der Waals surface area contributed by atoms with Gasteiger partial charge in [0.05, 0.1) is 16.7 Å². The van der Waals surface area contributed by atoms with Crippen LogP contribution in [-0.4, -0.2) is 4.57 Å². The summed E-state index contributed by atoms with van der Waals surface area (Å²) in [7, 11) is 0. The van der Waals surface area contributed by atoms with Crippen molar-refractivity contribution in [3.05, 3.63) is 181 Å². The minimum Gasteiger partial charge on any atom is -0.310 e. The second-order valence-electron chi connectivity index (χ2n) is 16.4. The number of fused-ring (bicyclic) bond motifs is 8. The lowest BCUT2D eigenvalue weighted by atomic mass is 9.57. The number of nitrogens with zero attached hydrogens (tertiary/aromatic N) is 2. The molecule has 1 aromatic heterocycles. The molecule has 5 atom stereocenters. The monoisotopic (exact) mass is 694 g/mol. The molecule has 0 N–H and O–H groups in total. The average molecular weight is 695 g/mol. The van der Waals surface area contributed by atoms with E-state index in [2.05, 4.69) is 179 Å². The van der Waals surface area contributed by atoms with Gasteiger partial charge in [0.25, 0.3) is 0 Å². The van der Waals surface area contributed by atoms with Gasteiger partial charge in [-0.1, -0.05) is 115 Å². The molecule has 1 heterocycles. The highest BCUT2D eigenvalue weighted by molar-refractivity contribution is 6.09. The predicted octanol–water partition coefficient (Wildman–Crippen LogP) is 13.6. The summed E-state index contributed by atoms with van der Waals surface area (Å²) in [5, 5.41) is 2.65. The quantitative estimate of drug-likeness (QED) is 0.174. The lowest BCUT2D eigenvalue weighted by molar-refractivity contribution is 0.152. The van der Waals surface area contributed by atoms with Crippen molar-refractivity contribution in [1.82, 2.24) is 4.57 Å². The Balaban J connectivity index is 1.10. The highest BCUT2D eigenvalue weighted by atomic mass is 15.1. The van der Waals surface area contributed by atoms with Gasteiger partial charge in [-0.05, 0) is 138 Å². The van der Waals surface area contributed by atoms with E-state index >= 15 is 0 Å². The Kier molecular flexibility index (Phi) is 6.55. The average Bonchev–Trinajstić information content (AvgIpc) is 3.68. The van der Waals surface area contributed by atoms with Gasteiger partial charge in [0, 0.05) is 38.8 Å². The van der Waals surface area contributed by atoms with E-state index in [0.717, 1.165) is 11.8 Å². The standard InChI is InChI=1S/C52H42N2/c1-3-13-34(14-4-1)40-17-7-10-20-49(40)53(37-15-5-2-6-16-37)38-26-28-41-42-29-27-39(54-50-21-11-8-18-43(50)44-19-9-12-22-51(44)54)33-48(42)52(47(41)32-38)45-30-25-35-23-24-36(45)31-46(35)52/h1-22,26-29,32-33,35-36,45-46H,23-25,30-31H2. The molecule has 8 aromatic rings. The van der Waals surface area contributed by atoms with Crippen molar-refractivity contribution in [2.24, 2.45) is 23.7 Å². The molecule has 7 aromatic carbocycles. The third kappa shape index (κ3) is 4.12. The number of hydrogen-bond donors (Lipinski definition) is 0. The second-order valence-corrected chi connectivity index (χ2v) is 16.4. The summed E-state index contributed by atoms with van der Waals surface area (Å²) in [6, 6.07) is 63.8. The molecule has 12 rings (SSSR count). The van der Waals surface area contributed by atoms with Gasteiger partial charge < -0.3 is 9.47 Å². The van der Waals surface area contributed by atoms with Crippen LogP contribution in [0.3, 0.4) is 0 Å². The Labute approximate surface area is 317 Å². The topological polar surface area (TPSA) is 8.17 Å². The third-order valence-electron chi connectivity index (χ3n) is 14.1. The van der Waals surface area contributed by atoms with Crippen LogP contribution in [0.1, 0.15) is 43.2 Å². The van der Waals surface area contributed by atoms with Gasteiger partial charge in [-0.2, -0.15) is 0 Å². The normalized spacial score (nSPS) is 23.3. The van der Waals surface area contributed by atoms with Gasteiger partial charge >= 0.3 is 0 Å². The van der Waals surface area contributed by atoms with E-state index < -0.39 is 0 Å². The van der Waals surface area contributed by atoms with Gasteiger partial charge in [0.2, 0.25) is 0 Å². The molecule has 260 valence electrons. The van der Waals surface area contributed by atoms with Crippen LogP contribution in [0.4, 0.5) is 17.1 Å². The van der Waals surface area contributed by atoms with Crippen molar-refractivity contribution in [2.75, 3.05) is 4.90 Å². The molecule has 2 heteroatoms. The Bertz CT molecular complexity index is 2680. The van der Waals surface area contributed by atoms with E-state index in [0.29, 0.717) is 11.8 Å². The first-order valence-electron chi connectivity index (χ1n) is 20.1. The molecule has 54 heavy (non-hydrogen) atoms. The summed E-state index contributed by atoms with van der Waals surface area (Å²) in [4.78, 5) is 2.52. The Morgan fingerprint density at radius 2 is 1.07 bits per heavy atom. The minimum atomic E-state index is 0.0286. The van der Waals surface area contributed by atoms with Crippen molar-refractivity contribution < 1.29 is 0 Å². The molecular weight excluding hydrogens is 653 g/mol. The van der Waals surface area contributed by atoms with Gasteiger partial charge in [0.1, 0.15) is 0 Å². The summed E-state index contributed by atoms with van der Waals surface area (Å²) in [5.41, 5.74) is 16.1. The Morgan fingerprint density at radius 3 is 1.85 bits per heavy atom. The minimum absolute atomic E-state index is 0.0286. The zero-order valence-corrected chi connectivity index (χ0v) is 30.4. The van der Waals surface area contributed by atoms with Crippen LogP contribution < -0.4 is 4.90 Å². The number of aromatic nitrogens is 1. The largest absolute Gasteiger partial charge is 0.310 e. The number of anilines is 3. The molecule has 0 radical (unpaired) electrons. The fraction of sp³-hybridized carbons (Fsp3) is 0.192. The molecule has 5 unspecified atom stereocenters. The van der Waals surface area contributed by atoms with Gasteiger partial charge in [0.15, 0.2) is 0 Å². The fourth-order valence-electron chi connectivity index (χ4n) is 12.2. The predicted molar refractivity (Wildman–Crippen MR) is 224 cm³/mol. The molecule has 3 saturated carbocycles. The third-order valence-corrected chi connectivity index (χ3v) is 14.1. The van der Waals surface area contributed by atoms with Crippen molar-refractivity contribution >= 4 is 38.9 Å². The van der Waals surface area contributed by atoms with Crippen LogP contribution in [0.25, 0.3) is 49.7 Å². The summed E-state index contributed by atoms with van der Waals surface area (Å²) in [5.74, 6) is 2.95. The first-order valence-corrected chi connectivity index (χ1v) is 20.1. The number of benzene rings is 7. The lowest BCUT2D eigenvalue weighted by Crippen LogP contribution is -2.43. The van der Waals surface area contributed by atoms with Crippen molar-refractivity contribution in [3.63, 3.8) is 0 Å². The summed E-state index contributed by atoms with van der Waals surface area (Å²) in [6.07, 6.45) is 6.90. The molecule has 2 nitrogen and oxygen atoms in total. The first kappa shape index (κ1) is 30.6. The molecule has 0 amide bonds. The maximum Gasteiger partial charge on any atom is 0.0541 e. The smallest absolute Gasteiger partial charge is 0.0541 e. The zero-order valence-electron chi connectivity index (χ0n) is 30.4. The molecule has 4 aliphatic rings. The fourth-order valence-corrected chi connectivity index (χ4v) is 12.2. The van der Waals surface area contributed by atoms with Gasteiger partial charge in [-0.15, -0.1) is 0 Å². The highest BCUT2D eigenvalue weighted by Gasteiger charge is 2.65. The maximum absolute atomic E-state index is 2.64. The van der Waals surface area contributed by atoms with Crippen molar-refractivity contribution in [1.29, 1.82) is 0 Å². The van der Waals surface area contributed by atoms with Gasteiger partial charge in [-0.3, -0.25) is 0 Å². The molecule has 1 spiro atoms. The van der Waals surface area contributed by atoms with E-state index in [1.807, 2.05) is 0 Å². The Morgan fingerprint density at radius 1 is 0.463 bits per heavy atom. The van der Waals surface area contributed by atoms with Crippen LogP contribution in [0, 0.1) is 23.7 Å². The SMILES string of the molecule is c1ccc(-c2ccccc2N(c2ccccc2)c2ccc3c(c2)C2(c4cc(-n5c6ccccc6c6ccccc65)ccc4-3)C3CCC4CCC3CC42)cc1. The van der Waals surface area contributed by atoms with Crippen molar-refractivity contribution in [2.45, 2.75) is 37.5 Å². The molecule has 3 bridgehead atoms. The molecule has 0 aliphatic heterocycles. The van der Waals surface area contributed by atoms with Crippen LogP contribution in [0.2, 0.25) is 0 Å². The number of para-hydroxylation sites is 4. The summed E-state index contributed by atoms with van der Waals surface area (Å²) >= 11 is 0. The van der Waals surface area contributed by atoms with E-state index in [-0.39, 0.29) is 5.41 Å². The lowest BCUT2D eigenvalue weighted by Gasteiger charge is -2.46. The van der Waals surface area contributed by atoms with Crippen LogP contribution >= 0.6 is 0 Å². The molecular formula is C52H42N2. The van der Waals surface area contributed by atoms with E-state index in [9.17, 15) is 0 Å². The maximum atomic E-state index is 2.64. The molecule has 4 aliphatic carbocycles. The second kappa shape index (κ2) is 11.6. The number of hydrogen-bond acceptors (Lipinski definition) is 1. The van der Waals surface area contributed by atoms with E-state index in [1.54, 1.807) is 11.1 Å². The first-order chi connectivity index (χ1) is 26.8. The highest BCUT2D eigenvalue weighted by Crippen LogP contribution is 2.72. The van der Waals surface area contributed by atoms with Crippen LogP contribution in [-0.2, 0) is 5.41 Å². The molecule has 3 fully saturated rings. The van der Waals surface area contributed by atoms with Crippen LogP contribution in [0.15, 0.2) is 170 Å². The van der Waals surface area contributed by atoms with E-state index in [1.165, 1.54) is 98.9 Å². The van der Waals surface area contributed by atoms with Gasteiger partial charge in [-0.25, -0.2) is 0 Å². The molecule has 0 saturated heterocycles. The van der Waals surface area contributed by atoms with E-state index in [4.69, 9.17) is 0 Å². The Hall–Kier alpha value is -5.86. The summed E-state index contributed by atoms with van der Waals surface area (Å²) < 4.78 is 2.53. The zero-order chi connectivity index (χ0) is 35.4.